The molecular weight excluding hydrogens is 314 g/mol. The first-order valence-corrected chi connectivity index (χ1v) is 8.88. The number of aromatic amines is 1. The minimum absolute atomic E-state index is 0.0912. The Hall–Kier alpha value is -0.740. The number of aryl methyl sites for hydroxylation is 1. The van der Waals surface area contributed by atoms with E-state index in [1.54, 1.807) is 6.92 Å². The number of rotatable bonds is 9. The summed E-state index contributed by atoms with van der Waals surface area (Å²) in [5, 5.41) is 0. The van der Waals surface area contributed by atoms with Gasteiger partial charge in [0.15, 0.2) is 4.21 Å². The molecule has 0 atom stereocenters. The minimum Gasteiger partial charge on any atom is -0.383 e. The highest BCUT2D eigenvalue weighted by molar-refractivity contribution is 7.91. The number of H-pyrrole nitrogens is 1. The quantitative estimate of drug-likeness (QED) is 0.702. The third-order valence-corrected chi connectivity index (χ3v) is 6.39. The van der Waals surface area contributed by atoms with Crippen LogP contribution in [-0.2, 0) is 14.8 Å². The zero-order valence-corrected chi connectivity index (χ0v) is 14.5. The molecule has 0 saturated carbocycles. The van der Waals surface area contributed by atoms with Crippen LogP contribution in [0.4, 0.5) is 0 Å². The second kappa shape index (κ2) is 8.04. The van der Waals surface area contributed by atoms with Gasteiger partial charge in [0.25, 0.3) is 10.0 Å². The van der Waals surface area contributed by atoms with Crippen molar-refractivity contribution in [3.05, 3.63) is 15.4 Å². The number of nitrogens with one attached hydrogen (secondary N) is 1. The standard InChI is InChI=1S/C12H23N3O4S2/c1-10-11(20-12(16)13-10)21(17,18)15(8-9-19-4)7-5-6-14(2)3/h5-9H2,1-4H3,(H,13,16). The summed E-state index contributed by atoms with van der Waals surface area (Å²) in [6, 6.07) is 0. The number of nitrogens with zero attached hydrogens (tertiary/aromatic N) is 2. The highest BCUT2D eigenvalue weighted by Gasteiger charge is 2.28. The first-order chi connectivity index (χ1) is 9.78. The maximum atomic E-state index is 12.7. The molecule has 0 radical (unpaired) electrons. The van der Waals surface area contributed by atoms with Crippen LogP contribution in [-0.4, -0.2) is 70.1 Å². The monoisotopic (exact) mass is 337 g/mol. The van der Waals surface area contributed by atoms with Gasteiger partial charge in [-0.3, -0.25) is 4.79 Å². The van der Waals surface area contributed by atoms with Crippen LogP contribution in [0.1, 0.15) is 12.1 Å². The van der Waals surface area contributed by atoms with E-state index in [0.717, 1.165) is 17.9 Å². The second-order valence-corrected chi connectivity index (χ2v) is 8.10. The van der Waals surface area contributed by atoms with Crippen molar-refractivity contribution >= 4 is 21.4 Å². The number of hydrogen-bond donors (Lipinski definition) is 1. The predicted molar refractivity (Wildman–Crippen MR) is 83.5 cm³/mol. The largest absolute Gasteiger partial charge is 0.383 e. The lowest BCUT2D eigenvalue weighted by Crippen LogP contribution is -2.36. The number of sulfonamides is 1. The summed E-state index contributed by atoms with van der Waals surface area (Å²) >= 11 is 0.731. The average molecular weight is 337 g/mol. The van der Waals surface area contributed by atoms with Crippen LogP contribution in [0, 0.1) is 6.92 Å². The molecule has 1 aromatic rings. The summed E-state index contributed by atoms with van der Waals surface area (Å²) in [5.74, 6) is 0. The Morgan fingerprint density at radius 2 is 1.90 bits per heavy atom. The smallest absolute Gasteiger partial charge is 0.305 e. The van der Waals surface area contributed by atoms with Gasteiger partial charge in [-0.05, 0) is 34.0 Å². The van der Waals surface area contributed by atoms with E-state index in [0.29, 0.717) is 25.3 Å². The SMILES string of the molecule is COCCN(CCCN(C)C)S(=O)(=O)c1sc(=O)[nH]c1C. The maximum absolute atomic E-state index is 12.7. The van der Waals surface area contributed by atoms with Gasteiger partial charge in [-0.2, -0.15) is 4.31 Å². The third kappa shape index (κ3) is 5.19. The van der Waals surface area contributed by atoms with E-state index >= 15 is 0 Å². The summed E-state index contributed by atoms with van der Waals surface area (Å²) in [5.41, 5.74) is 0.389. The molecular formula is C12H23N3O4S2. The van der Waals surface area contributed by atoms with Crippen LogP contribution in [0.5, 0.6) is 0 Å². The van der Waals surface area contributed by atoms with Gasteiger partial charge in [0.05, 0.1) is 6.61 Å². The van der Waals surface area contributed by atoms with Gasteiger partial charge in [0.1, 0.15) is 0 Å². The van der Waals surface area contributed by atoms with Gasteiger partial charge in [0, 0.05) is 25.9 Å². The first-order valence-electron chi connectivity index (χ1n) is 6.62. The Balaban J connectivity index is 2.94. The van der Waals surface area contributed by atoms with E-state index in [2.05, 4.69) is 4.98 Å². The van der Waals surface area contributed by atoms with Gasteiger partial charge < -0.3 is 14.6 Å². The molecule has 0 bridgehead atoms. The van der Waals surface area contributed by atoms with Crippen molar-refractivity contribution in [1.82, 2.24) is 14.2 Å². The second-order valence-electron chi connectivity index (χ2n) is 4.98. The minimum atomic E-state index is -3.66. The Kier molecular flexibility index (Phi) is 7.01. The fraction of sp³-hybridized carbons (Fsp3) is 0.750. The van der Waals surface area contributed by atoms with Gasteiger partial charge in [-0.1, -0.05) is 11.3 Å². The fourth-order valence-electron chi connectivity index (χ4n) is 1.86. The molecule has 7 nitrogen and oxygen atoms in total. The van der Waals surface area contributed by atoms with Crippen molar-refractivity contribution in [3.8, 4) is 0 Å². The lowest BCUT2D eigenvalue weighted by Gasteiger charge is -2.22. The third-order valence-electron chi connectivity index (χ3n) is 2.91. The molecule has 0 aliphatic rings. The van der Waals surface area contributed by atoms with Crippen molar-refractivity contribution in [3.63, 3.8) is 0 Å². The van der Waals surface area contributed by atoms with Crippen molar-refractivity contribution < 1.29 is 13.2 Å². The summed E-state index contributed by atoms with van der Waals surface area (Å²) in [6.07, 6.45) is 0.717. The summed E-state index contributed by atoms with van der Waals surface area (Å²) in [7, 11) is 1.75. The molecule has 122 valence electrons. The van der Waals surface area contributed by atoms with E-state index in [-0.39, 0.29) is 15.6 Å². The molecule has 0 aliphatic heterocycles. The number of ether oxygens (including phenoxy) is 1. The fourth-order valence-corrected chi connectivity index (χ4v) is 4.76. The number of hydrogen-bond acceptors (Lipinski definition) is 6. The summed E-state index contributed by atoms with van der Waals surface area (Å²) in [4.78, 5) is 15.5. The molecule has 0 fully saturated rings. The summed E-state index contributed by atoms with van der Waals surface area (Å²) in [6.45, 7) is 3.38. The van der Waals surface area contributed by atoms with Crippen molar-refractivity contribution in [2.24, 2.45) is 0 Å². The molecule has 0 aromatic carbocycles. The van der Waals surface area contributed by atoms with E-state index < -0.39 is 10.0 Å². The lowest BCUT2D eigenvalue weighted by molar-refractivity contribution is 0.177. The highest BCUT2D eigenvalue weighted by atomic mass is 32.2. The molecule has 1 N–H and O–H groups in total. The van der Waals surface area contributed by atoms with Crippen LogP contribution in [0.15, 0.2) is 9.00 Å². The highest BCUT2D eigenvalue weighted by Crippen LogP contribution is 2.21. The van der Waals surface area contributed by atoms with Crippen LogP contribution >= 0.6 is 11.3 Å². The van der Waals surface area contributed by atoms with Gasteiger partial charge in [-0.15, -0.1) is 0 Å². The predicted octanol–water partition coefficient (Wildman–Crippen LogP) is 0.334. The van der Waals surface area contributed by atoms with Crippen molar-refractivity contribution in [2.45, 2.75) is 17.6 Å². The zero-order valence-electron chi connectivity index (χ0n) is 12.9. The molecule has 0 unspecified atom stereocenters. The number of methoxy groups -OCH3 is 1. The normalized spacial score (nSPS) is 12.5. The molecule has 0 aliphatic carbocycles. The molecule has 1 heterocycles. The van der Waals surface area contributed by atoms with Crippen molar-refractivity contribution in [2.75, 3.05) is 47.4 Å². The molecule has 1 rings (SSSR count). The molecule has 9 heteroatoms. The molecule has 0 amide bonds. The van der Waals surface area contributed by atoms with Crippen LogP contribution in [0.3, 0.4) is 0 Å². The van der Waals surface area contributed by atoms with Crippen LogP contribution in [0.2, 0.25) is 0 Å². The molecule has 0 spiro atoms. The maximum Gasteiger partial charge on any atom is 0.305 e. The van der Waals surface area contributed by atoms with Crippen LogP contribution < -0.4 is 4.87 Å². The summed E-state index contributed by atoms with van der Waals surface area (Å²) < 4.78 is 31.8. The Bertz CT molecular complexity index is 592. The van der Waals surface area contributed by atoms with Crippen LogP contribution in [0.25, 0.3) is 0 Å². The average Bonchev–Trinajstić information content (AvgIpc) is 2.72. The zero-order chi connectivity index (χ0) is 16.0. The topological polar surface area (TPSA) is 82.7 Å². The Labute approximate surface area is 129 Å². The first kappa shape index (κ1) is 18.3. The van der Waals surface area contributed by atoms with E-state index in [1.165, 1.54) is 11.4 Å². The van der Waals surface area contributed by atoms with E-state index in [4.69, 9.17) is 4.74 Å². The Morgan fingerprint density at radius 3 is 2.38 bits per heavy atom. The number of thiazole rings is 1. The molecule has 21 heavy (non-hydrogen) atoms. The van der Waals surface area contributed by atoms with E-state index in [1.807, 2.05) is 19.0 Å². The van der Waals surface area contributed by atoms with Gasteiger partial charge in [0.2, 0.25) is 0 Å². The molecule has 1 aromatic heterocycles. The van der Waals surface area contributed by atoms with E-state index in [9.17, 15) is 13.2 Å². The number of aromatic nitrogens is 1. The molecule has 0 saturated heterocycles. The lowest BCUT2D eigenvalue weighted by atomic mass is 10.4. The Morgan fingerprint density at radius 1 is 1.24 bits per heavy atom. The van der Waals surface area contributed by atoms with Gasteiger partial charge >= 0.3 is 4.87 Å². The van der Waals surface area contributed by atoms with Gasteiger partial charge in [-0.25, -0.2) is 8.42 Å². The van der Waals surface area contributed by atoms with Crippen molar-refractivity contribution in [1.29, 1.82) is 0 Å².